The predicted octanol–water partition coefficient (Wildman–Crippen LogP) is 5.18. The number of aryl methyl sites for hydroxylation is 3. The number of benzene rings is 2. The van der Waals surface area contributed by atoms with E-state index >= 15 is 0 Å². The summed E-state index contributed by atoms with van der Waals surface area (Å²) in [7, 11) is 0. The van der Waals surface area contributed by atoms with E-state index in [1.165, 1.54) is 16.7 Å². The lowest BCUT2D eigenvalue weighted by Gasteiger charge is -2.22. The first-order chi connectivity index (χ1) is 13.4. The lowest BCUT2D eigenvalue weighted by atomic mass is 9.99. The number of carbonyl (C=O) groups is 1. The van der Waals surface area contributed by atoms with Crippen molar-refractivity contribution < 1.29 is 4.79 Å². The standard InChI is InChI=1S/C23H29N3OS/c1-5-20(18-10-8-15(2)17(4)13-18)25-23(28)24-19-11-9-16(3)21(14-19)26-12-6-7-22(26)27/h8-11,13-14,20H,5-7,12H2,1-4H3,(H2,24,25,28)/t20-/m1/s1. The Morgan fingerprint density at radius 3 is 2.50 bits per heavy atom. The third-order valence-electron chi connectivity index (χ3n) is 5.48. The van der Waals surface area contributed by atoms with Gasteiger partial charge < -0.3 is 15.5 Å². The van der Waals surface area contributed by atoms with Crippen molar-refractivity contribution >= 4 is 34.6 Å². The molecule has 1 aliphatic heterocycles. The molecule has 0 bridgehead atoms. The first-order valence-corrected chi connectivity index (χ1v) is 10.4. The molecule has 0 spiro atoms. The van der Waals surface area contributed by atoms with E-state index in [0.29, 0.717) is 11.5 Å². The molecule has 1 atom stereocenters. The third-order valence-corrected chi connectivity index (χ3v) is 5.70. The van der Waals surface area contributed by atoms with Gasteiger partial charge in [0.05, 0.1) is 6.04 Å². The molecule has 1 fully saturated rings. The number of carbonyl (C=O) groups excluding carboxylic acids is 1. The average molecular weight is 396 g/mol. The fourth-order valence-corrected chi connectivity index (χ4v) is 3.87. The van der Waals surface area contributed by atoms with Gasteiger partial charge in [-0.1, -0.05) is 31.2 Å². The molecule has 2 aromatic rings. The molecule has 28 heavy (non-hydrogen) atoms. The van der Waals surface area contributed by atoms with Gasteiger partial charge >= 0.3 is 0 Å². The van der Waals surface area contributed by atoms with Gasteiger partial charge in [0.15, 0.2) is 5.11 Å². The number of amides is 1. The molecule has 2 aromatic carbocycles. The maximum absolute atomic E-state index is 12.1. The van der Waals surface area contributed by atoms with Crippen molar-refractivity contribution in [1.29, 1.82) is 0 Å². The molecule has 1 aliphatic rings. The highest BCUT2D eigenvalue weighted by Crippen LogP contribution is 2.28. The minimum Gasteiger partial charge on any atom is -0.356 e. The van der Waals surface area contributed by atoms with Crippen LogP contribution in [0, 0.1) is 20.8 Å². The maximum atomic E-state index is 12.1. The molecular formula is C23H29N3OS. The third kappa shape index (κ3) is 4.53. The van der Waals surface area contributed by atoms with Crippen LogP contribution in [0.25, 0.3) is 0 Å². The molecular weight excluding hydrogens is 366 g/mol. The summed E-state index contributed by atoms with van der Waals surface area (Å²) in [5.74, 6) is 0.196. The zero-order valence-electron chi connectivity index (χ0n) is 17.1. The summed E-state index contributed by atoms with van der Waals surface area (Å²) in [5.41, 5.74) is 6.78. The van der Waals surface area contributed by atoms with Gasteiger partial charge in [0.2, 0.25) is 5.91 Å². The highest BCUT2D eigenvalue weighted by molar-refractivity contribution is 7.80. The summed E-state index contributed by atoms with van der Waals surface area (Å²) in [5, 5.41) is 7.31. The smallest absolute Gasteiger partial charge is 0.227 e. The van der Waals surface area contributed by atoms with Crippen molar-refractivity contribution in [2.75, 3.05) is 16.8 Å². The topological polar surface area (TPSA) is 44.4 Å². The molecule has 148 valence electrons. The lowest BCUT2D eigenvalue weighted by molar-refractivity contribution is -0.117. The fraction of sp³-hybridized carbons (Fsp3) is 0.391. The first kappa shape index (κ1) is 20.3. The van der Waals surface area contributed by atoms with Crippen LogP contribution in [0.3, 0.4) is 0 Å². The van der Waals surface area contributed by atoms with Crippen molar-refractivity contribution in [3.63, 3.8) is 0 Å². The molecule has 2 N–H and O–H groups in total. The minimum atomic E-state index is 0.157. The molecule has 0 radical (unpaired) electrons. The predicted molar refractivity (Wildman–Crippen MR) is 121 cm³/mol. The van der Waals surface area contributed by atoms with E-state index in [4.69, 9.17) is 12.2 Å². The van der Waals surface area contributed by atoms with E-state index in [1.807, 2.05) is 30.0 Å². The number of rotatable bonds is 5. The Hall–Kier alpha value is -2.40. The van der Waals surface area contributed by atoms with Crippen LogP contribution in [-0.2, 0) is 4.79 Å². The van der Waals surface area contributed by atoms with Crippen molar-refractivity contribution in [3.05, 3.63) is 58.7 Å². The van der Waals surface area contributed by atoms with E-state index in [1.54, 1.807) is 0 Å². The summed E-state index contributed by atoms with van der Waals surface area (Å²) >= 11 is 5.57. The maximum Gasteiger partial charge on any atom is 0.227 e. The number of nitrogens with one attached hydrogen (secondary N) is 2. The molecule has 0 aliphatic carbocycles. The van der Waals surface area contributed by atoms with E-state index in [9.17, 15) is 4.79 Å². The molecule has 3 rings (SSSR count). The normalized spacial score (nSPS) is 14.9. The Morgan fingerprint density at radius 2 is 1.86 bits per heavy atom. The molecule has 0 saturated carbocycles. The number of thiocarbonyl (C=S) groups is 1. The quantitative estimate of drug-likeness (QED) is 0.685. The summed E-state index contributed by atoms with van der Waals surface area (Å²) in [4.78, 5) is 14.0. The van der Waals surface area contributed by atoms with Crippen LogP contribution in [0.15, 0.2) is 36.4 Å². The number of hydrogen-bond acceptors (Lipinski definition) is 2. The summed E-state index contributed by atoms with van der Waals surface area (Å²) in [6.07, 6.45) is 2.49. The largest absolute Gasteiger partial charge is 0.356 e. The Morgan fingerprint density at radius 1 is 1.11 bits per heavy atom. The fourth-order valence-electron chi connectivity index (χ4n) is 3.61. The summed E-state index contributed by atoms with van der Waals surface area (Å²) < 4.78 is 0. The Kier molecular flexibility index (Phi) is 6.35. The van der Waals surface area contributed by atoms with E-state index in [-0.39, 0.29) is 11.9 Å². The Bertz CT molecular complexity index is 893. The van der Waals surface area contributed by atoms with Crippen LogP contribution in [-0.4, -0.2) is 17.6 Å². The zero-order valence-corrected chi connectivity index (χ0v) is 18.0. The number of hydrogen-bond donors (Lipinski definition) is 2. The van der Waals surface area contributed by atoms with Crippen LogP contribution in [0.4, 0.5) is 11.4 Å². The highest BCUT2D eigenvalue weighted by atomic mass is 32.1. The van der Waals surface area contributed by atoms with Gasteiger partial charge in [0.1, 0.15) is 0 Å². The van der Waals surface area contributed by atoms with Gasteiger partial charge in [0, 0.05) is 24.3 Å². The average Bonchev–Trinajstić information content (AvgIpc) is 3.09. The zero-order chi connectivity index (χ0) is 20.3. The SMILES string of the molecule is CC[C@@H](NC(=S)Nc1ccc(C)c(N2CCCC2=O)c1)c1ccc(C)c(C)c1. The summed E-state index contributed by atoms with van der Waals surface area (Å²) in [6.45, 7) is 9.23. The summed E-state index contributed by atoms with van der Waals surface area (Å²) in [6, 6.07) is 12.8. The van der Waals surface area contributed by atoms with Gasteiger partial charge in [-0.25, -0.2) is 0 Å². The van der Waals surface area contributed by atoms with Crippen molar-refractivity contribution in [2.45, 2.75) is 53.0 Å². The second-order valence-corrected chi connectivity index (χ2v) is 7.96. The molecule has 1 saturated heterocycles. The first-order valence-electron chi connectivity index (χ1n) is 9.94. The minimum absolute atomic E-state index is 0.157. The Balaban J connectivity index is 1.71. The van der Waals surface area contributed by atoms with Gasteiger partial charge in [-0.2, -0.15) is 0 Å². The van der Waals surface area contributed by atoms with Crippen molar-refractivity contribution in [1.82, 2.24) is 5.32 Å². The highest BCUT2D eigenvalue weighted by Gasteiger charge is 2.23. The van der Waals surface area contributed by atoms with Crippen LogP contribution in [0.5, 0.6) is 0 Å². The molecule has 0 aromatic heterocycles. The van der Waals surface area contributed by atoms with Gasteiger partial charge in [-0.3, -0.25) is 4.79 Å². The van der Waals surface area contributed by atoms with Crippen molar-refractivity contribution in [3.8, 4) is 0 Å². The lowest BCUT2D eigenvalue weighted by Crippen LogP contribution is -2.32. The second kappa shape index (κ2) is 8.74. The number of nitrogens with zero attached hydrogens (tertiary/aromatic N) is 1. The monoisotopic (exact) mass is 395 g/mol. The second-order valence-electron chi connectivity index (χ2n) is 7.55. The van der Waals surface area contributed by atoms with E-state index in [2.05, 4.69) is 49.6 Å². The molecule has 4 nitrogen and oxygen atoms in total. The van der Waals surface area contributed by atoms with E-state index in [0.717, 1.165) is 36.3 Å². The molecule has 0 unspecified atom stereocenters. The van der Waals surface area contributed by atoms with Crippen LogP contribution < -0.4 is 15.5 Å². The van der Waals surface area contributed by atoms with Crippen LogP contribution >= 0.6 is 12.2 Å². The van der Waals surface area contributed by atoms with Crippen LogP contribution in [0.1, 0.15) is 54.5 Å². The van der Waals surface area contributed by atoms with Crippen LogP contribution in [0.2, 0.25) is 0 Å². The van der Waals surface area contributed by atoms with Gasteiger partial charge in [0.25, 0.3) is 0 Å². The molecule has 1 amide bonds. The van der Waals surface area contributed by atoms with E-state index < -0.39 is 0 Å². The van der Waals surface area contributed by atoms with Gasteiger partial charge in [-0.15, -0.1) is 0 Å². The molecule has 1 heterocycles. The van der Waals surface area contributed by atoms with Crippen molar-refractivity contribution in [2.24, 2.45) is 0 Å². The number of anilines is 2. The molecule has 5 heteroatoms. The van der Waals surface area contributed by atoms with Gasteiger partial charge in [-0.05, 0) is 80.2 Å². The Labute approximate surface area is 173 Å².